The third-order valence-electron chi connectivity index (χ3n) is 6.94. The molecule has 0 spiro atoms. The van der Waals surface area contributed by atoms with E-state index < -0.39 is 7.12 Å². The topological polar surface area (TPSA) is 53.4 Å². The molecule has 0 aliphatic rings. The van der Waals surface area contributed by atoms with E-state index in [2.05, 4.69) is 109 Å². The van der Waals surface area contributed by atoms with Gasteiger partial charge in [0.15, 0.2) is 0 Å². The van der Waals surface area contributed by atoms with E-state index in [1.807, 2.05) is 24.3 Å². The van der Waals surface area contributed by atoms with E-state index in [-0.39, 0.29) is 0 Å². The van der Waals surface area contributed by atoms with Crippen molar-refractivity contribution < 1.29 is 10.0 Å². The molecule has 0 aliphatic heterocycles. The van der Waals surface area contributed by atoms with Crippen LogP contribution in [0.15, 0.2) is 146 Å². The first-order chi connectivity index (χ1) is 19.1. The zero-order chi connectivity index (χ0) is 26.6. The van der Waals surface area contributed by atoms with Gasteiger partial charge in [-0.2, -0.15) is 0 Å². The fourth-order valence-electron chi connectivity index (χ4n) is 4.77. The van der Waals surface area contributed by atoms with Crippen LogP contribution < -0.4 is 5.46 Å². The lowest BCUT2D eigenvalue weighted by Gasteiger charge is -2.12. The minimum atomic E-state index is -1.46. The van der Waals surface area contributed by atoms with Crippen LogP contribution in [0.2, 0.25) is 0 Å². The lowest BCUT2D eigenvalue weighted by molar-refractivity contribution is 0.426. The van der Waals surface area contributed by atoms with Crippen LogP contribution in [0.4, 0.5) is 0 Å². The van der Waals surface area contributed by atoms with Gasteiger partial charge >= 0.3 is 7.12 Å². The molecule has 39 heavy (non-hydrogen) atoms. The summed E-state index contributed by atoms with van der Waals surface area (Å²) >= 11 is 0. The summed E-state index contributed by atoms with van der Waals surface area (Å²) in [5, 5.41) is 18.7. The molecule has 0 amide bonds. The fraction of sp³-hybridized carbons (Fsp3) is 0. The molecule has 0 bridgehead atoms. The quantitative estimate of drug-likeness (QED) is 0.239. The van der Waals surface area contributed by atoms with Crippen LogP contribution in [-0.2, 0) is 0 Å². The van der Waals surface area contributed by atoms with E-state index in [0.717, 1.165) is 44.8 Å². The van der Waals surface area contributed by atoms with Crippen molar-refractivity contribution in [3.05, 3.63) is 146 Å². The van der Waals surface area contributed by atoms with Crippen molar-refractivity contribution in [2.75, 3.05) is 0 Å². The Kier molecular flexibility index (Phi) is 6.88. The third kappa shape index (κ3) is 5.44. The molecule has 0 saturated carbocycles. The molecular weight excluding hydrogens is 477 g/mol. The minimum Gasteiger partial charge on any atom is -0.423 e. The van der Waals surface area contributed by atoms with Crippen LogP contribution in [0.5, 0.6) is 0 Å². The summed E-state index contributed by atoms with van der Waals surface area (Å²) < 4.78 is 0. The average molecular weight is 503 g/mol. The smallest absolute Gasteiger partial charge is 0.423 e. The molecule has 6 rings (SSSR count). The summed E-state index contributed by atoms with van der Waals surface area (Å²) in [6.07, 6.45) is 0. The van der Waals surface area contributed by atoms with Crippen molar-refractivity contribution in [2.45, 2.75) is 0 Å². The maximum atomic E-state index is 9.37. The van der Waals surface area contributed by atoms with Gasteiger partial charge in [-0.05, 0) is 51.0 Å². The third-order valence-corrected chi connectivity index (χ3v) is 6.94. The number of hydrogen-bond donors (Lipinski definition) is 2. The number of hydrogen-bond acceptors (Lipinski definition) is 3. The van der Waals surface area contributed by atoms with Gasteiger partial charge in [-0.1, -0.05) is 133 Å². The molecule has 4 heteroatoms. The summed E-state index contributed by atoms with van der Waals surface area (Å²) in [4.78, 5) is 5.08. The molecule has 5 aromatic carbocycles. The monoisotopic (exact) mass is 503 g/mol. The molecule has 2 N–H and O–H groups in total. The van der Waals surface area contributed by atoms with E-state index in [1.165, 1.54) is 11.1 Å². The van der Waals surface area contributed by atoms with Gasteiger partial charge in [0.1, 0.15) is 0 Å². The van der Waals surface area contributed by atoms with E-state index >= 15 is 0 Å². The van der Waals surface area contributed by atoms with Gasteiger partial charge < -0.3 is 10.0 Å². The van der Waals surface area contributed by atoms with Gasteiger partial charge in [-0.15, -0.1) is 0 Å². The molecule has 3 nitrogen and oxygen atoms in total. The Balaban J connectivity index is 1.37. The van der Waals surface area contributed by atoms with E-state index in [1.54, 1.807) is 12.1 Å². The molecule has 6 aromatic rings. The summed E-state index contributed by atoms with van der Waals surface area (Å²) in [5.41, 5.74) is 11.1. The zero-order valence-corrected chi connectivity index (χ0v) is 21.3. The molecule has 0 fully saturated rings. The Hall–Kier alpha value is -4.77. The second-order valence-electron chi connectivity index (χ2n) is 9.51. The highest BCUT2D eigenvalue weighted by molar-refractivity contribution is 6.58. The number of benzene rings is 5. The van der Waals surface area contributed by atoms with Crippen molar-refractivity contribution in [3.63, 3.8) is 0 Å². The second kappa shape index (κ2) is 10.9. The summed E-state index contributed by atoms with van der Waals surface area (Å²) in [6.45, 7) is 0. The van der Waals surface area contributed by atoms with E-state index in [9.17, 15) is 10.0 Å². The molecular formula is C35H26BNO2. The van der Waals surface area contributed by atoms with Crippen LogP contribution >= 0.6 is 0 Å². The first-order valence-electron chi connectivity index (χ1n) is 12.9. The van der Waals surface area contributed by atoms with Crippen molar-refractivity contribution in [2.24, 2.45) is 0 Å². The number of aromatic nitrogens is 1. The SMILES string of the molecule is OB(O)c1ccc(-c2ccc(-c3cc(-c4ccccc4)cc(-c4ccc(-c5ccccc5)cc4)n3)cc2)cc1. The van der Waals surface area contributed by atoms with Crippen LogP contribution in [0.25, 0.3) is 55.9 Å². The van der Waals surface area contributed by atoms with E-state index in [4.69, 9.17) is 4.98 Å². The Morgan fingerprint density at radius 1 is 0.359 bits per heavy atom. The number of pyridine rings is 1. The Morgan fingerprint density at radius 2 is 0.692 bits per heavy atom. The summed E-state index contributed by atoms with van der Waals surface area (Å²) in [5.74, 6) is 0. The van der Waals surface area contributed by atoms with Crippen molar-refractivity contribution >= 4 is 12.6 Å². The molecule has 0 radical (unpaired) electrons. The van der Waals surface area contributed by atoms with Gasteiger partial charge in [-0.25, -0.2) is 4.98 Å². The lowest BCUT2D eigenvalue weighted by Crippen LogP contribution is -2.29. The average Bonchev–Trinajstić information content (AvgIpc) is 3.02. The molecule has 0 atom stereocenters. The maximum Gasteiger partial charge on any atom is 0.488 e. The molecule has 0 unspecified atom stereocenters. The number of nitrogens with zero attached hydrogens (tertiary/aromatic N) is 1. The Labute approximate surface area is 228 Å². The van der Waals surface area contributed by atoms with Crippen molar-refractivity contribution in [1.82, 2.24) is 4.98 Å². The lowest BCUT2D eigenvalue weighted by atomic mass is 9.80. The first kappa shape index (κ1) is 24.6. The van der Waals surface area contributed by atoms with Crippen LogP contribution in [-0.4, -0.2) is 22.2 Å². The van der Waals surface area contributed by atoms with Gasteiger partial charge in [0.25, 0.3) is 0 Å². The van der Waals surface area contributed by atoms with Crippen LogP contribution in [0.1, 0.15) is 0 Å². The summed E-state index contributed by atoms with van der Waals surface area (Å²) in [7, 11) is -1.46. The highest BCUT2D eigenvalue weighted by Gasteiger charge is 2.12. The van der Waals surface area contributed by atoms with Gasteiger partial charge in [0, 0.05) is 11.1 Å². The number of rotatable bonds is 6. The normalized spacial score (nSPS) is 10.8. The molecule has 186 valence electrons. The Bertz CT molecular complexity index is 1680. The molecule has 0 saturated heterocycles. The standard InChI is InChI=1S/C35H26BNO2/c38-36(39)33-21-19-29(20-22-33)28-13-17-31(18-14-28)35-24-32(26-9-5-2-6-10-26)23-34(37-35)30-15-11-27(12-16-30)25-7-3-1-4-8-25/h1-24,38-39H. The van der Waals surface area contributed by atoms with Crippen molar-refractivity contribution in [3.8, 4) is 55.9 Å². The second-order valence-corrected chi connectivity index (χ2v) is 9.51. The highest BCUT2D eigenvalue weighted by Crippen LogP contribution is 2.32. The van der Waals surface area contributed by atoms with Gasteiger partial charge in [0.2, 0.25) is 0 Å². The van der Waals surface area contributed by atoms with Gasteiger partial charge in [0.05, 0.1) is 11.4 Å². The van der Waals surface area contributed by atoms with Gasteiger partial charge in [-0.3, -0.25) is 0 Å². The van der Waals surface area contributed by atoms with Crippen molar-refractivity contribution in [1.29, 1.82) is 0 Å². The fourth-order valence-corrected chi connectivity index (χ4v) is 4.77. The minimum absolute atomic E-state index is 0.474. The predicted molar refractivity (Wildman–Crippen MR) is 161 cm³/mol. The molecule has 0 aliphatic carbocycles. The zero-order valence-electron chi connectivity index (χ0n) is 21.3. The van der Waals surface area contributed by atoms with Crippen LogP contribution in [0.3, 0.4) is 0 Å². The first-order valence-corrected chi connectivity index (χ1v) is 12.9. The van der Waals surface area contributed by atoms with Crippen LogP contribution in [0, 0.1) is 0 Å². The predicted octanol–water partition coefficient (Wildman–Crippen LogP) is 7.10. The Morgan fingerprint density at radius 3 is 1.10 bits per heavy atom. The largest absolute Gasteiger partial charge is 0.488 e. The molecule has 1 heterocycles. The maximum absolute atomic E-state index is 9.37. The molecule has 1 aromatic heterocycles. The summed E-state index contributed by atoms with van der Waals surface area (Å²) in [6, 6.07) is 49.2. The highest BCUT2D eigenvalue weighted by atomic mass is 16.4. The van der Waals surface area contributed by atoms with E-state index in [0.29, 0.717) is 5.46 Å².